The van der Waals surface area contributed by atoms with Crippen molar-refractivity contribution in [3.63, 3.8) is 0 Å². The van der Waals surface area contributed by atoms with E-state index in [1.807, 2.05) is 45.7 Å². The van der Waals surface area contributed by atoms with E-state index < -0.39 is 0 Å². The zero-order chi connectivity index (χ0) is 22.0. The number of aromatic nitrogens is 3. The van der Waals surface area contributed by atoms with Crippen LogP contribution in [0.15, 0.2) is 60.9 Å². The van der Waals surface area contributed by atoms with Gasteiger partial charge in [-0.2, -0.15) is 0 Å². The van der Waals surface area contributed by atoms with Gasteiger partial charge in [0.25, 0.3) is 0 Å². The van der Waals surface area contributed by atoms with Gasteiger partial charge in [0.2, 0.25) is 0 Å². The van der Waals surface area contributed by atoms with Crippen LogP contribution in [0.3, 0.4) is 0 Å². The molecule has 31 heavy (non-hydrogen) atoms. The van der Waals surface area contributed by atoms with E-state index >= 15 is 0 Å². The van der Waals surface area contributed by atoms with Gasteiger partial charge >= 0.3 is 0 Å². The first kappa shape index (κ1) is 20.5. The number of anilines is 3. The maximum Gasteiger partial charge on any atom is 0.145 e. The third-order valence-corrected chi connectivity index (χ3v) is 5.56. The van der Waals surface area contributed by atoms with E-state index in [-0.39, 0.29) is 0 Å². The van der Waals surface area contributed by atoms with Crippen LogP contribution >= 0.6 is 0 Å². The average Bonchev–Trinajstić information content (AvgIpc) is 3.15. The minimum atomic E-state index is 0.888. The van der Waals surface area contributed by atoms with Crippen LogP contribution in [0, 0.1) is 6.92 Å². The molecule has 0 fully saturated rings. The van der Waals surface area contributed by atoms with Gasteiger partial charge in [-0.3, -0.25) is 4.98 Å². The molecule has 0 aliphatic heterocycles. The van der Waals surface area contributed by atoms with Crippen molar-refractivity contribution in [1.29, 1.82) is 0 Å². The molecule has 0 unspecified atom stereocenters. The van der Waals surface area contributed by atoms with Crippen molar-refractivity contribution in [3.05, 3.63) is 66.5 Å². The van der Waals surface area contributed by atoms with Crippen LogP contribution in [-0.4, -0.2) is 35.7 Å². The first-order valence-corrected chi connectivity index (χ1v) is 10.3. The standard InChI is InChI=1S/C25H28N6/c1-16-6-8-18(9-7-16)24-23(17-10-12-29-13-11-17)30-25(31(24)5)22-20(27-3)14-19(26-2)15-21(22)28-4/h6-15,26-28H,1-5H3. The van der Waals surface area contributed by atoms with Crippen molar-refractivity contribution >= 4 is 17.1 Å². The molecule has 0 bridgehead atoms. The monoisotopic (exact) mass is 412 g/mol. The third-order valence-electron chi connectivity index (χ3n) is 5.56. The molecule has 4 aromatic rings. The highest BCUT2D eigenvalue weighted by molar-refractivity contribution is 5.92. The molecule has 0 atom stereocenters. The minimum Gasteiger partial charge on any atom is -0.388 e. The summed E-state index contributed by atoms with van der Waals surface area (Å²) in [5.41, 5.74) is 9.46. The van der Waals surface area contributed by atoms with E-state index in [2.05, 4.69) is 75.9 Å². The summed E-state index contributed by atoms with van der Waals surface area (Å²) in [6, 6.07) is 16.8. The molecule has 0 saturated heterocycles. The molecule has 3 N–H and O–H groups in total. The molecule has 0 aliphatic carbocycles. The summed E-state index contributed by atoms with van der Waals surface area (Å²) in [6.07, 6.45) is 3.62. The molecule has 2 aromatic heterocycles. The van der Waals surface area contributed by atoms with E-state index in [1.165, 1.54) is 5.56 Å². The summed E-state index contributed by atoms with van der Waals surface area (Å²) in [5.74, 6) is 0.888. The van der Waals surface area contributed by atoms with Gasteiger partial charge in [0, 0.05) is 68.8 Å². The first-order chi connectivity index (χ1) is 15.1. The molecule has 2 aromatic carbocycles. The Labute approximate surface area is 183 Å². The molecular formula is C25H28N6. The summed E-state index contributed by atoms with van der Waals surface area (Å²) in [5, 5.41) is 9.92. The summed E-state index contributed by atoms with van der Waals surface area (Å²) in [7, 11) is 7.87. The Morgan fingerprint density at radius 2 is 1.39 bits per heavy atom. The number of imidazole rings is 1. The van der Waals surface area contributed by atoms with Gasteiger partial charge in [0.15, 0.2) is 0 Å². The lowest BCUT2D eigenvalue weighted by molar-refractivity contribution is 0.933. The van der Waals surface area contributed by atoms with Crippen LogP contribution in [0.2, 0.25) is 0 Å². The molecule has 158 valence electrons. The lowest BCUT2D eigenvalue weighted by Gasteiger charge is -2.17. The first-order valence-electron chi connectivity index (χ1n) is 10.3. The Morgan fingerprint density at radius 3 is 1.94 bits per heavy atom. The van der Waals surface area contributed by atoms with E-state index in [1.54, 1.807) is 0 Å². The van der Waals surface area contributed by atoms with Crippen LogP contribution in [0.5, 0.6) is 0 Å². The molecule has 0 aliphatic rings. The van der Waals surface area contributed by atoms with Crippen LogP contribution in [-0.2, 0) is 7.05 Å². The second-order valence-corrected chi connectivity index (χ2v) is 7.49. The zero-order valence-electron chi connectivity index (χ0n) is 18.6. The maximum atomic E-state index is 5.16. The largest absolute Gasteiger partial charge is 0.388 e. The van der Waals surface area contributed by atoms with Crippen LogP contribution < -0.4 is 16.0 Å². The van der Waals surface area contributed by atoms with Gasteiger partial charge in [0.1, 0.15) is 5.82 Å². The van der Waals surface area contributed by atoms with Crippen LogP contribution in [0.25, 0.3) is 33.9 Å². The van der Waals surface area contributed by atoms with Gasteiger partial charge in [-0.25, -0.2) is 4.98 Å². The molecule has 2 heterocycles. The predicted molar refractivity (Wildman–Crippen MR) is 131 cm³/mol. The van der Waals surface area contributed by atoms with Crippen molar-refractivity contribution in [2.75, 3.05) is 37.1 Å². The smallest absolute Gasteiger partial charge is 0.145 e. The molecule has 0 saturated carbocycles. The molecule has 0 spiro atoms. The quantitative estimate of drug-likeness (QED) is 0.404. The highest BCUT2D eigenvalue weighted by atomic mass is 15.1. The summed E-state index contributed by atoms with van der Waals surface area (Å²) < 4.78 is 2.18. The Hall–Kier alpha value is -3.80. The number of pyridine rings is 1. The maximum absolute atomic E-state index is 5.16. The van der Waals surface area contributed by atoms with Gasteiger partial charge < -0.3 is 20.5 Å². The molecule has 6 nitrogen and oxygen atoms in total. The van der Waals surface area contributed by atoms with Gasteiger partial charge in [0.05, 0.1) is 17.0 Å². The van der Waals surface area contributed by atoms with Gasteiger partial charge in [-0.1, -0.05) is 29.8 Å². The van der Waals surface area contributed by atoms with E-state index in [0.29, 0.717) is 0 Å². The molecule has 4 rings (SSSR count). The summed E-state index contributed by atoms with van der Waals surface area (Å²) in [6.45, 7) is 2.10. The van der Waals surface area contributed by atoms with Crippen molar-refractivity contribution < 1.29 is 0 Å². The number of rotatable bonds is 6. The van der Waals surface area contributed by atoms with Crippen molar-refractivity contribution in [2.24, 2.45) is 7.05 Å². The number of aryl methyl sites for hydroxylation is 1. The minimum absolute atomic E-state index is 0.888. The van der Waals surface area contributed by atoms with E-state index in [4.69, 9.17) is 4.98 Å². The molecule has 6 heteroatoms. The zero-order valence-corrected chi connectivity index (χ0v) is 18.6. The second-order valence-electron chi connectivity index (χ2n) is 7.49. The SMILES string of the molecule is CNc1cc(NC)c(-c2nc(-c3ccncc3)c(-c3ccc(C)cc3)n2C)c(NC)c1. The van der Waals surface area contributed by atoms with Gasteiger partial charge in [-0.05, 0) is 31.2 Å². The van der Waals surface area contributed by atoms with Gasteiger partial charge in [-0.15, -0.1) is 0 Å². The number of hydrogen-bond acceptors (Lipinski definition) is 5. The highest BCUT2D eigenvalue weighted by Crippen LogP contribution is 2.41. The fourth-order valence-corrected chi connectivity index (χ4v) is 3.90. The Kier molecular flexibility index (Phi) is 5.62. The van der Waals surface area contributed by atoms with E-state index in [9.17, 15) is 0 Å². The summed E-state index contributed by atoms with van der Waals surface area (Å²) >= 11 is 0. The topological polar surface area (TPSA) is 66.8 Å². The summed E-state index contributed by atoms with van der Waals surface area (Å²) in [4.78, 5) is 9.34. The number of nitrogens with one attached hydrogen (secondary N) is 3. The van der Waals surface area contributed by atoms with Crippen LogP contribution in [0.4, 0.5) is 17.1 Å². The fourth-order valence-electron chi connectivity index (χ4n) is 3.90. The second kappa shape index (κ2) is 8.52. The number of hydrogen-bond donors (Lipinski definition) is 3. The molecule has 0 amide bonds. The van der Waals surface area contributed by atoms with Crippen molar-refractivity contribution in [2.45, 2.75) is 6.92 Å². The molecule has 0 radical (unpaired) electrons. The Bertz CT molecular complexity index is 1170. The van der Waals surface area contributed by atoms with Crippen LogP contribution in [0.1, 0.15) is 5.56 Å². The van der Waals surface area contributed by atoms with E-state index in [0.717, 1.165) is 51.0 Å². The average molecular weight is 413 g/mol. The fraction of sp³-hybridized carbons (Fsp3) is 0.200. The predicted octanol–water partition coefficient (Wildman–Crippen LogP) is 5.25. The molecular weight excluding hydrogens is 384 g/mol. The normalized spacial score (nSPS) is 10.7. The van der Waals surface area contributed by atoms with Crippen molar-refractivity contribution in [3.8, 4) is 33.9 Å². The highest BCUT2D eigenvalue weighted by Gasteiger charge is 2.23. The Morgan fingerprint density at radius 1 is 0.774 bits per heavy atom. The third kappa shape index (κ3) is 3.72. The lowest BCUT2D eigenvalue weighted by Crippen LogP contribution is -2.04. The number of benzene rings is 2. The Balaban J connectivity index is 2.03. The van der Waals surface area contributed by atoms with Crippen molar-refractivity contribution in [1.82, 2.24) is 14.5 Å². The lowest BCUT2D eigenvalue weighted by atomic mass is 10.0. The number of nitrogens with zero attached hydrogens (tertiary/aromatic N) is 3.